The first-order chi connectivity index (χ1) is 14.2. The summed E-state index contributed by atoms with van der Waals surface area (Å²) in [5.41, 5.74) is 1.57. The van der Waals surface area contributed by atoms with Crippen molar-refractivity contribution >= 4 is 17.6 Å². The summed E-state index contributed by atoms with van der Waals surface area (Å²) in [6, 6.07) is 8.31. The number of morpholine rings is 1. The molecule has 2 aromatic heterocycles. The van der Waals surface area contributed by atoms with Crippen molar-refractivity contribution in [3.63, 3.8) is 0 Å². The fraction of sp³-hybridized carbons (Fsp3) is 0.524. The van der Waals surface area contributed by atoms with E-state index in [2.05, 4.69) is 37.8 Å². The zero-order valence-electron chi connectivity index (χ0n) is 17.1. The van der Waals surface area contributed by atoms with Crippen molar-refractivity contribution in [2.45, 2.75) is 25.8 Å². The van der Waals surface area contributed by atoms with E-state index in [1.54, 1.807) is 0 Å². The van der Waals surface area contributed by atoms with Gasteiger partial charge in [-0.05, 0) is 38.0 Å². The lowest BCUT2D eigenvalue weighted by molar-refractivity contribution is 0.122. The normalized spacial score (nSPS) is 19.7. The lowest BCUT2D eigenvalue weighted by Gasteiger charge is -2.39. The molecule has 1 unspecified atom stereocenters. The minimum absolute atomic E-state index is 0.296. The Bertz CT molecular complexity index is 891. The quantitative estimate of drug-likeness (QED) is 0.780. The van der Waals surface area contributed by atoms with Gasteiger partial charge >= 0.3 is 0 Å². The van der Waals surface area contributed by atoms with Gasteiger partial charge in [0.1, 0.15) is 17.7 Å². The van der Waals surface area contributed by atoms with Gasteiger partial charge in [0.2, 0.25) is 5.95 Å². The first-order valence-electron chi connectivity index (χ1n) is 10.2. The monoisotopic (exact) mass is 393 g/mol. The number of aryl methyl sites for hydroxylation is 1. The van der Waals surface area contributed by atoms with Gasteiger partial charge in [-0.1, -0.05) is 0 Å². The molecule has 8 heteroatoms. The largest absolute Gasteiger partial charge is 0.378 e. The van der Waals surface area contributed by atoms with Crippen molar-refractivity contribution in [2.75, 3.05) is 61.1 Å². The molecule has 0 saturated carbocycles. The maximum absolute atomic E-state index is 9.49. The molecule has 8 nitrogen and oxygen atoms in total. The molecule has 2 aliphatic heterocycles. The third kappa shape index (κ3) is 4.25. The molecule has 0 N–H and O–H groups in total. The second-order valence-corrected chi connectivity index (χ2v) is 7.60. The van der Waals surface area contributed by atoms with Gasteiger partial charge < -0.3 is 19.4 Å². The van der Waals surface area contributed by atoms with Gasteiger partial charge in [0.05, 0.1) is 18.8 Å². The van der Waals surface area contributed by atoms with Gasteiger partial charge in [-0.15, -0.1) is 0 Å². The summed E-state index contributed by atoms with van der Waals surface area (Å²) in [6.07, 6.45) is 3.97. The standard InChI is InChI=1S/C21H27N7O/c1-16-5-6-17(14-22)20(24-16)28-9-3-4-18(15-28)26(2)19-7-8-23-21(25-19)27-10-12-29-13-11-27/h5-8,18H,3-4,9-13,15H2,1-2H3. The number of nitriles is 1. The highest BCUT2D eigenvalue weighted by Crippen LogP contribution is 2.26. The smallest absolute Gasteiger partial charge is 0.227 e. The second-order valence-electron chi connectivity index (χ2n) is 7.60. The fourth-order valence-corrected chi connectivity index (χ4v) is 3.97. The molecule has 4 rings (SSSR count). The van der Waals surface area contributed by atoms with Crippen LogP contribution in [0.15, 0.2) is 24.4 Å². The van der Waals surface area contributed by atoms with Crippen LogP contribution in [-0.4, -0.2) is 67.4 Å². The van der Waals surface area contributed by atoms with E-state index in [1.165, 1.54) is 0 Å². The van der Waals surface area contributed by atoms with E-state index in [9.17, 15) is 5.26 Å². The van der Waals surface area contributed by atoms with Crippen LogP contribution in [0.3, 0.4) is 0 Å². The molecule has 2 aromatic rings. The first kappa shape index (κ1) is 19.4. The van der Waals surface area contributed by atoms with E-state index in [4.69, 9.17) is 9.72 Å². The predicted octanol–water partition coefficient (Wildman–Crippen LogP) is 1.99. The Labute approximate surface area is 171 Å². The summed E-state index contributed by atoms with van der Waals surface area (Å²) in [5.74, 6) is 2.48. The first-order valence-corrected chi connectivity index (χ1v) is 10.2. The molecule has 0 bridgehead atoms. The highest BCUT2D eigenvalue weighted by Gasteiger charge is 2.27. The van der Waals surface area contributed by atoms with Gasteiger partial charge in [0.25, 0.3) is 0 Å². The third-order valence-corrected chi connectivity index (χ3v) is 5.66. The van der Waals surface area contributed by atoms with Crippen LogP contribution in [-0.2, 0) is 4.74 Å². The highest BCUT2D eigenvalue weighted by atomic mass is 16.5. The van der Waals surface area contributed by atoms with Gasteiger partial charge in [0, 0.05) is 51.2 Å². The maximum Gasteiger partial charge on any atom is 0.227 e. The highest BCUT2D eigenvalue weighted by molar-refractivity contribution is 5.55. The van der Waals surface area contributed by atoms with Crippen molar-refractivity contribution in [2.24, 2.45) is 0 Å². The maximum atomic E-state index is 9.49. The zero-order chi connectivity index (χ0) is 20.2. The molecule has 0 aromatic carbocycles. The molecule has 2 saturated heterocycles. The topological polar surface area (TPSA) is 81.4 Å². The molecule has 0 amide bonds. The molecule has 4 heterocycles. The van der Waals surface area contributed by atoms with Crippen molar-refractivity contribution in [3.05, 3.63) is 35.7 Å². The van der Waals surface area contributed by atoms with Crippen molar-refractivity contribution in [3.8, 4) is 6.07 Å². The number of hydrogen-bond donors (Lipinski definition) is 0. The van der Waals surface area contributed by atoms with Gasteiger partial charge in [0.15, 0.2) is 0 Å². The molecule has 2 aliphatic rings. The van der Waals surface area contributed by atoms with Crippen LogP contribution >= 0.6 is 0 Å². The molecule has 29 heavy (non-hydrogen) atoms. The number of pyridine rings is 1. The molecular weight excluding hydrogens is 366 g/mol. The van der Waals surface area contributed by atoms with Gasteiger partial charge in [-0.3, -0.25) is 0 Å². The number of hydrogen-bond acceptors (Lipinski definition) is 8. The average molecular weight is 393 g/mol. The molecule has 1 atom stereocenters. The number of piperidine rings is 1. The number of likely N-dealkylation sites (N-methyl/N-ethyl adjacent to an activating group) is 1. The van der Waals surface area contributed by atoms with E-state index < -0.39 is 0 Å². The minimum Gasteiger partial charge on any atom is -0.378 e. The lowest BCUT2D eigenvalue weighted by atomic mass is 10.0. The third-order valence-electron chi connectivity index (χ3n) is 5.66. The summed E-state index contributed by atoms with van der Waals surface area (Å²) in [4.78, 5) is 20.6. The van der Waals surface area contributed by atoms with E-state index in [0.717, 1.165) is 62.3 Å². The van der Waals surface area contributed by atoms with E-state index >= 15 is 0 Å². The Morgan fingerprint density at radius 1 is 1.14 bits per heavy atom. The molecule has 152 valence electrons. The molecule has 0 aliphatic carbocycles. The summed E-state index contributed by atoms with van der Waals surface area (Å²) >= 11 is 0. The SMILES string of the molecule is Cc1ccc(C#N)c(N2CCCC(N(C)c3ccnc(N4CCOCC4)n3)C2)n1. The lowest BCUT2D eigenvalue weighted by Crippen LogP contribution is -2.47. The van der Waals surface area contributed by atoms with Crippen LogP contribution in [0.2, 0.25) is 0 Å². The van der Waals surface area contributed by atoms with Crippen LogP contribution in [0.4, 0.5) is 17.6 Å². The zero-order valence-corrected chi connectivity index (χ0v) is 17.1. The number of anilines is 3. The van der Waals surface area contributed by atoms with E-state index in [1.807, 2.05) is 31.3 Å². The molecule has 2 fully saturated rings. The number of aromatic nitrogens is 3. The number of rotatable bonds is 4. The summed E-state index contributed by atoms with van der Waals surface area (Å²) in [6.45, 7) is 6.77. The predicted molar refractivity (Wildman–Crippen MR) is 112 cm³/mol. The van der Waals surface area contributed by atoms with Gasteiger partial charge in [-0.25, -0.2) is 9.97 Å². The number of nitrogens with zero attached hydrogens (tertiary/aromatic N) is 7. The Morgan fingerprint density at radius 3 is 2.76 bits per heavy atom. The Hall–Kier alpha value is -2.92. The van der Waals surface area contributed by atoms with Crippen LogP contribution in [0.1, 0.15) is 24.1 Å². The molecule has 0 spiro atoms. The Balaban J connectivity index is 1.51. The average Bonchev–Trinajstić information content (AvgIpc) is 2.79. The van der Waals surface area contributed by atoms with Crippen LogP contribution in [0.5, 0.6) is 0 Å². The molecule has 0 radical (unpaired) electrons. The Morgan fingerprint density at radius 2 is 1.97 bits per heavy atom. The Kier molecular flexibility index (Phi) is 5.76. The van der Waals surface area contributed by atoms with Crippen LogP contribution < -0.4 is 14.7 Å². The van der Waals surface area contributed by atoms with Crippen molar-refractivity contribution in [1.82, 2.24) is 15.0 Å². The van der Waals surface area contributed by atoms with Gasteiger partial charge in [-0.2, -0.15) is 10.2 Å². The van der Waals surface area contributed by atoms with Crippen LogP contribution in [0, 0.1) is 18.3 Å². The van der Waals surface area contributed by atoms with E-state index in [-0.39, 0.29) is 0 Å². The fourth-order valence-electron chi connectivity index (χ4n) is 3.97. The summed E-state index contributed by atoms with van der Waals surface area (Å²) < 4.78 is 5.43. The number of ether oxygens (including phenoxy) is 1. The van der Waals surface area contributed by atoms with E-state index in [0.29, 0.717) is 24.8 Å². The van der Waals surface area contributed by atoms with Crippen molar-refractivity contribution in [1.29, 1.82) is 5.26 Å². The van der Waals surface area contributed by atoms with Crippen LogP contribution in [0.25, 0.3) is 0 Å². The second kappa shape index (κ2) is 8.62. The summed E-state index contributed by atoms with van der Waals surface area (Å²) in [7, 11) is 2.09. The van der Waals surface area contributed by atoms with Crippen molar-refractivity contribution < 1.29 is 4.74 Å². The minimum atomic E-state index is 0.296. The summed E-state index contributed by atoms with van der Waals surface area (Å²) in [5, 5.41) is 9.49. The molecular formula is C21H27N7O.